The first-order valence-electron chi connectivity index (χ1n) is 4.52. The van der Waals surface area contributed by atoms with Crippen molar-refractivity contribution < 1.29 is 4.79 Å². The average Bonchev–Trinajstić information content (AvgIpc) is 1.96. The van der Waals surface area contributed by atoms with Crippen molar-refractivity contribution in [1.82, 2.24) is 0 Å². The summed E-state index contributed by atoms with van der Waals surface area (Å²) in [4.78, 5) is 10.6. The summed E-state index contributed by atoms with van der Waals surface area (Å²) in [5.74, 6) is 0.440. The minimum Gasteiger partial charge on any atom is -0.327 e. The molecule has 0 aliphatic carbocycles. The molecule has 0 aromatic carbocycles. The summed E-state index contributed by atoms with van der Waals surface area (Å²) >= 11 is 0. The molecule has 0 saturated carbocycles. The van der Waals surface area contributed by atoms with Gasteiger partial charge in [-0.25, -0.2) is 0 Å². The molecule has 70 valence electrons. The van der Waals surface area contributed by atoms with E-state index in [9.17, 15) is 4.79 Å². The maximum absolute atomic E-state index is 10.6. The molecule has 2 atom stereocenters. The minimum atomic E-state index is 0.0942. The van der Waals surface area contributed by atoms with Crippen molar-refractivity contribution in [3.05, 3.63) is 12.2 Å². The largest absolute Gasteiger partial charge is 0.327 e. The number of carbonyl (C=O) groups excluding carboxylic acids is 1. The Hall–Kier alpha value is -0.630. The Labute approximate surface area is 74.8 Å². The third-order valence-corrected chi connectivity index (χ3v) is 1.88. The van der Waals surface area contributed by atoms with Gasteiger partial charge in [0.15, 0.2) is 5.78 Å². The summed E-state index contributed by atoms with van der Waals surface area (Å²) in [5.41, 5.74) is 5.75. The van der Waals surface area contributed by atoms with Crippen LogP contribution < -0.4 is 5.73 Å². The van der Waals surface area contributed by atoms with Crippen molar-refractivity contribution in [3.63, 3.8) is 0 Å². The zero-order valence-electron chi connectivity index (χ0n) is 8.21. The predicted molar refractivity (Wildman–Crippen MR) is 51.9 cm³/mol. The lowest BCUT2D eigenvalue weighted by Crippen LogP contribution is -2.25. The van der Waals surface area contributed by atoms with Gasteiger partial charge in [-0.15, -0.1) is 0 Å². The Kier molecular flexibility index (Phi) is 5.64. The first kappa shape index (κ1) is 11.4. The predicted octanol–water partition coefficient (Wildman–Crippen LogP) is 1.90. The molecule has 0 aromatic rings. The number of ketones is 1. The van der Waals surface area contributed by atoms with Crippen LogP contribution >= 0.6 is 0 Å². The number of hydrogen-bond donors (Lipinski definition) is 1. The van der Waals surface area contributed by atoms with Gasteiger partial charge in [-0.2, -0.15) is 0 Å². The van der Waals surface area contributed by atoms with Crippen molar-refractivity contribution in [2.75, 3.05) is 0 Å². The molecule has 0 aliphatic rings. The fourth-order valence-electron chi connectivity index (χ4n) is 1.13. The third-order valence-electron chi connectivity index (χ3n) is 1.88. The van der Waals surface area contributed by atoms with E-state index < -0.39 is 0 Å². The van der Waals surface area contributed by atoms with Crippen LogP contribution in [0.15, 0.2) is 12.2 Å². The second-order valence-electron chi connectivity index (χ2n) is 3.28. The molecular weight excluding hydrogens is 150 g/mol. The summed E-state index contributed by atoms with van der Waals surface area (Å²) < 4.78 is 0. The van der Waals surface area contributed by atoms with Crippen LogP contribution in [-0.4, -0.2) is 11.8 Å². The third kappa shape index (κ3) is 5.08. The normalized spacial score (nSPS) is 16.3. The summed E-state index contributed by atoms with van der Waals surface area (Å²) in [6.07, 6.45) is 5.70. The van der Waals surface area contributed by atoms with E-state index in [1.54, 1.807) is 13.0 Å². The molecule has 0 saturated heterocycles. The van der Waals surface area contributed by atoms with Crippen molar-refractivity contribution >= 4 is 5.78 Å². The number of carbonyl (C=O) groups is 1. The standard InChI is InChI=1S/C10H19NO/c1-4-5-10(9(3)11)7-6-8(2)12/h6-7,9-10H,4-5,11H2,1-3H3/b7-6-. The topological polar surface area (TPSA) is 43.1 Å². The Morgan fingerprint density at radius 1 is 1.58 bits per heavy atom. The molecule has 0 spiro atoms. The summed E-state index contributed by atoms with van der Waals surface area (Å²) in [6, 6.07) is 0.139. The van der Waals surface area contributed by atoms with E-state index in [1.807, 2.05) is 13.0 Å². The monoisotopic (exact) mass is 169 g/mol. The summed E-state index contributed by atoms with van der Waals surface area (Å²) in [5, 5.41) is 0. The highest BCUT2D eigenvalue weighted by Gasteiger charge is 2.08. The van der Waals surface area contributed by atoms with Crippen LogP contribution in [0.5, 0.6) is 0 Å². The zero-order valence-corrected chi connectivity index (χ0v) is 8.21. The van der Waals surface area contributed by atoms with Gasteiger partial charge in [-0.05, 0) is 32.3 Å². The van der Waals surface area contributed by atoms with Crippen LogP contribution in [0.2, 0.25) is 0 Å². The molecule has 0 radical (unpaired) electrons. The van der Waals surface area contributed by atoms with Crippen molar-refractivity contribution in [2.24, 2.45) is 11.7 Å². The SMILES string of the molecule is CCCC(/C=C\C(C)=O)C(C)N. The van der Waals surface area contributed by atoms with E-state index in [1.165, 1.54) is 0 Å². The van der Waals surface area contributed by atoms with Crippen LogP contribution in [0.1, 0.15) is 33.6 Å². The molecule has 0 rings (SSSR count). The lowest BCUT2D eigenvalue weighted by Gasteiger charge is -2.15. The van der Waals surface area contributed by atoms with Crippen molar-refractivity contribution in [3.8, 4) is 0 Å². The van der Waals surface area contributed by atoms with Gasteiger partial charge in [-0.3, -0.25) is 4.79 Å². The van der Waals surface area contributed by atoms with Crippen LogP contribution in [0.25, 0.3) is 0 Å². The van der Waals surface area contributed by atoms with Crippen LogP contribution in [0, 0.1) is 5.92 Å². The Balaban J connectivity index is 4.03. The highest BCUT2D eigenvalue weighted by molar-refractivity contribution is 5.87. The molecule has 0 fully saturated rings. The van der Waals surface area contributed by atoms with E-state index in [0.29, 0.717) is 5.92 Å². The molecule has 0 aromatic heterocycles. The molecule has 2 unspecified atom stereocenters. The molecule has 0 bridgehead atoms. The highest BCUT2D eigenvalue weighted by atomic mass is 16.1. The van der Waals surface area contributed by atoms with Crippen LogP contribution in [0.3, 0.4) is 0 Å². The summed E-state index contributed by atoms with van der Waals surface area (Å²) in [7, 11) is 0. The Bertz CT molecular complexity index is 161. The highest BCUT2D eigenvalue weighted by Crippen LogP contribution is 2.11. The number of nitrogens with two attached hydrogens (primary N) is 1. The van der Waals surface area contributed by atoms with E-state index in [4.69, 9.17) is 5.73 Å². The first-order chi connectivity index (χ1) is 5.57. The van der Waals surface area contributed by atoms with E-state index in [0.717, 1.165) is 12.8 Å². The zero-order chi connectivity index (χ0) is 9.56. The first-order valence-corrected chi connectivity index (χ1v) is 4.52. The van der Waals surface area contributed by atoms with Crippen molar-refractivity contribution in [1.29, 1.82) is 0 Å². The fourth-order valence-corrected chi connectivity index (χ4v) is 1.13. The molecule has 2 N–H and O–H groups in total. The number of allylic oxidation sites excluding steroid dienone is 1. The van der Waals surface area contributed by atoms with Gasteiger partial charge in [0, 0.05) is 6.04 Å². The van der Waals surface area contributed by atoms with Gasteiger partial charge in [0.05, 0.1) is 0 Å². The van der Waals surface area contributed by atoms with Gasteiger partial charge >= 0.3 is 0 Å². The maximum atomic E-state index is 10.6. The van der Waals surface area contributed by atoms with Gasteiger partial charge in [0.25, 0.3) is 0 Å². The Morgan fingerprint density at radius 2 is 2.17 bits per heavy atom. The molecule has 2 nitrogen and oxygen atoms in total. The van der Waals surface area contributed by atoms with Gasteiger partial charge in [0.2, 0.25) is 0 Å². The Morgan fingerprint density at radius 3 is 2.50 bits per heavy atom. The van der Waals surface area contributed by atoms with E-state index >= 15 is 0 Å². The van der Waals surface area contributed by atoms with Crippen LogP contribution in [-0.2, 0) is 4.79 Å². The maximum Gasteiger partial charge on any atom is 0.152 e. The molecule has 0 aliphatic heterocycles. The smallest absolute Gasteiger partial charge is 0.152 e. The summed E-state index contributed by atoms with van der Waals surface area (Å²) in [6.45, 7) is 5.66. The molecule has 0 amide bonds. The van der Waals surface area contributed by atoms with Crippen LogP contribution in [0.4, 0.5) is 0 Å². The number of hydrogen-bond acceptors (Lipinski definition) is 2. The van der Waals surface area contributed by atoms with Crippen molar-refractivity contribution in [2.45, 2.75) is 39.7 Å². The second-order valence-corrected chi connectivity index (χ2v) is 3.28. The lowest BCUT2D eigenvalue weighted by atomic mass is 9.96. The van der Waals surface area contributed by atoms with Gasteiger partial charge < -0.3 is 5.73 Å². The minimum absolute atomic E-state index is 0.0942. The molecule has 12 heavy (non-hydrogen) atoms. The second kappa shape index (κ2) is 5.95. The lowest BCUT2D eigenvalue weighted by molar-refractivity contribution is -0.112. The molecule has 0 heterocycles. The quantitative estimate of drug-likeness (QED) is 0.639. The fraction of sp³-hybridized carbons (Fsp3) is 0.700. The molecular formula is C10H19NO. The van der Waals surface area contributed by atoms with E-state index in [-0.39, 0.29) is 11.8 Å². The average molecular weight is 169 g/mol. The van der Waals surface area contributed by atoms with E-state index in [2.05, 4.69) is 6.92 Å². The van der Waals surface area contributed by atoms with Gasteiger partial charge in [0.1, 0.15) is 0 Å². The number of rotatable bonds is 5. The van der Waals surface area contributed by atoms with Gasteiger partial charge in [-0.1, -0.05) is 19.4 Å². The molecule has 2 heteroatoms.